The molecule has 1 atom stereocenters. The van der Waals surface area contributed by atoms with Crippen LogP contribution in [0, 0.1) is 5.92 Å². The van der Waals surface area contributed by atoms with E-state index in [0.29, 0.717) is 5.92 Å². The Bertz CT molecular complexity index is 2570. The van der Waals surface area contributed by atoms with Crippen LogP contribution in [-0.4, -0.2) is 19.9 Å². The van der Waals surface area contributed by atoms with Crippen molar-refractivity contribution in [2.24, 2.45) is 5.92 Å². The Labute approximate surface area is 272 Å². The van der Waals surface area contributed by atoms with Crippen LogP contribution >= 0.6 is 0 Å². The van der Waals surface area contributed by atoms with E-state index < -0.39 is 0 Å². The predicted molar refractivity (Wildman–Crippen MR) is 195 cm³/mol. The summed E-state index contributed by atoms with van der Waals surface area (Å²) in [6.07, 6.45) is 7.81. The maximum atomic E-state index is 5.21. The van der Waals surface area contributed by atoms with Crippen molar-refractivity contribution in [3.8, 4) is 33.8 Å². The van der Waals surface area contributed by atoms with Crippen LogP contribution in [0.1, 0.15) is 19.0 Å². The lowest BCUT2D eigenvalue weighted by Gasteiger charge is -2.13. The summed E-state index contributed by atoms with van der Waals surface area (Å²) in [4.78, 5) is 20.6. The van der Waals surface area contributed by atoms with E-state index in [1.165, 1.54) is 5.57 Å². The molecule has 0 aliphatic heterocycles. The standard InChI is InChI=1S/C43H30N4/c1-27-7-5-10-33(25-27)37-22-18-30-15-16-32-20-24-39(47-43(32)42(30)45-37)35-12-6-11-34(26-35)38-23-19-31-14-13-29-17-21-36(28-8-3-2-4-9-28)44-40(29)41(31)46-38/h2-6,8-27H,7H2,1H3. The molecule has 9 rings (SSSR count). The number of fused-ring (bicyclic) bond motifs is 6. The first kappa shape index (κ1) is 27.3. The van der Waals surface area contributed by atoms with E-state index >= 15 is 0 Å². The molecule has 1 unspecified atom stereocenters. The monoisotopic (exact) mass is 602 g/mol. The maximum Gasteiger partial charge on any atom is 0.0972 e. The largest absolute Gasteiger partial charge is 0.246 e. The minimum atomic E-state index is 0.510. The quantitative estimate of drug-likeness (QED) is 0.188. The van der Waals surface area contributed by atoms with Gasteiger partial charge in [0, 0.05) is 38.2 Å². The SMILES string of the molecule is CC1C=C(c2ccc3ccc4ccc(-c5cccc(-c6ccc7ccc8ccc(-c9ccccc9)nc8c7n6)c5)nc4c3n2)C=CC1. The molecule has 4 aromatic carbocycles. The van der Waals surface area contributed by atoms with Gasteiger partial charge in [-0.05, 0) is 48.2 Å². The van der Waals surface area contributed by atoms with Gasteiger partial charge in [0.05, 0.1) is 44.8 Å². The molecule has 0 bridgehead atoms. The van der Waals surface area contributed by atoms with Gasteiger partial charge < -0.3 is 0 Å². The number of aromatic nitrogens is 4. The summed E-state index contributed by atoms with van der Waals surface area (Å²) < 4.78 is 0. The Hall–Kier alpha value is -6.00. The molecule has 4 aromatic heterocycles. The molecule has 0 radical (unpaired) electrons. The highest BCUT2D eigenvalue weighted by Gasteiger charge is 2.13. The normalized spacial score (nSPS) is 14.7. The molecule has 0 saturated carbocycles. The van der Waals surface area contributed by atoms with Crippen molar-refractivity contribution in [1.82, 2.24) is 19.9 Å². The van der Waals surface area contributed by atoms with E-state index in [-0.39, 0.29) is 0 Å². The van der Waals surface area contributed by atoms with E-state index in [1.807, 2.05) is 18.2 Å². The van der Waals surface area contributed by atoms with Crippen molar-refractivity contribution in [1.29, 1.82) is 0 Å². The highest BCUT2D eigenvalue weighted by Crippen LogP contribution is 2.32. The molecule has 4 nitrogen and oxygen atoms in total. The van der Waals surface area contributed by atoms with Gasteiger partial charge in [-0.1, -0.05) is 122 Å². The zero-order valence-electron chi connectivity index (χ0n) is 25.9. The van der Waals surface area contributed by atoms with Gasteiger partial charge in [0.2, 0.25) is 0 Å². The van der Waals surface area contributed by atoms with Crippen LogP contribution in [-0.2, 0) is 0 Å². The molecule has 1 aliphatic rings. The first-order chi connectivity index (χ1) is 23.2. The third kappa shape index (κ3) is 4.95. The Kier molecular flexibility index (Phi) is 6.46. The average molecular weight is 603 g/mol. The lowest BCUT2D eigenvalue weighted by atomic mass is 9.95. The summed E-state index contributed by atoms with van der Waals surface area (Å²) in [7, 11) is 0. The van der Waals surface area contributed by atoms with Crippen molar-refractivity contribution < 1.29 is 0 Å². The van der Waals surface area contributed by atoms with Crippen LogP contribution in [0.3, 0.4) is 0 Å². The predicted octanol–water partition coefficient (Wildman–Crippen LogP) is 10.9. The molecule has 0 N–H and O–H groups in total. The van der Waals surface area contributed by atoms with Gasteiger partial charge in [-0.15, -0.1) is 0 Å². The Morgan fingerprint density at radius 1 is 0.447 bits per heavy atom. The molecule has 8 aromatic rings. The smallest absolute Gasteiger partial charge is 0.0972 e. The topological polar surface area (TPSA) is 51.6 Å². The zero-order valence-corrected chi connectivity index (χ0v) is 25.9. The fourth-order valence-electron chi connectivity index (χ4n) is 6.64. The minimum absolute atomic E-state index is 0.510. The summed E-state index contributed by atoms with van der Waals surface area (Å²) in [5.74, 6) is 0.510. The summed E-state index contributed by atoms with van der Waals surface area (Å²) in [5.41, 5.74) is 11.7. The molecule has 0 fully saturated rings. The van der Waals surface area contributed by atoms with Gasteiger partial charge in [0.25, 0.3) is 0 Å². The highest BCUT2D eigenvalue weighted by atomic mass is 14.8. The zero-order chi connectivity index (χ0) is 31.3. The number of benzene rings is 4. The first-order valence-corrected chi connectivity index (χ1v) is 16.1. The van der Waals surface area contributed by atoms with Gasteiger partial charge >= 0.3 is 0 Å². The molecule has 0 saturated heterocycles. The van der Waals surface area contributed by atoms with Crippen LogP contribution in [0.15, 0.2) is 146 Å². The molecular weight excluding hydrogens is 573 g/mol. The lowest BCUT2D eigenvalue weighted by molar-refractivity contribution is 0.739. The summed E-state index contributed by atoms with van der Waals surface area (Å²) >= 11 is 0. The number of rotatable bonds is 4. The van der Waals surface area contributed by atoms with Crippen LogP contribution in [0.4, 0.5) is 0 Å². The van der Waals surface area contributed by atoms with Crippen molar-refractivity contribution in [2.75, 3.05) is 0 Å². The molecule has 1 aliphatic carbocycles. The average Bonchev–Trinajstić information content (AvgIpc) is 3.14. The van der Waals surface area contributed by atoms with Crippen LogP contribution < -0.4 is 0 Å². The van der Waals surface area contributed by atoms with E-state index in [2.05, 4.69) is 134 Å². The number of hydrogen-bond donors (Lipinski definition) is 0. The summed E-state index contributed by atoms with van der Waals surface area (Å²) in [6.45, 7) is 2.25. The third-order valence-electron chi connectivity index (χ3n) is 9.13. The van der Waals surface area contributed by atoms with Crippen molar-refractivity contribution in [2.45, 2.75) is 13.3 Å². The fourth-order valence-corrected chi connectivity index (χ4v) is 6.64. The van der Waals surface area contributed by atoms with Gasteiger partial charge in [-0.2, -0.15) is 0 Å². The first-order valence-electron chi connectivity index (χ1n) is 16.1. The summed E-state index contributed by atoms with van der Waals surface area (Å²) in [5, 5.41) is 4.31. The third-order valence-corrected chi connectivity index (χ3v) is 9.13. The molecule has 0 spiro atoms. The molecule has 4 heterocycles. The molecule has 4 heteroatoms. The number of nitrogens with zero attached hydrogens (tertiary/aromatic N) is 4. The van der Waals surface area contributed by atoms with Crippen LogP contribution in [0.25, 0.3) is 83.0 Å². The molecule has 222 valence electrons. The van der Waals surface area contributed by atoms with E-state index in [0.717, 1.165) is 89.5 Å². The van der Waals surface area contributed by atoms with Gasteiger partial charge in [-0.3, -0.25) is 0 Å². The number of allylic oxidation sites excluding steroid dienone is 4. The number of pyridine rings is 4. The van der Waals surface area contributed by atoms with Gasteiger partial charge in [-0.25, -0.2) is 19.9 Å². The summed E-state index contributed by atoms with van der Waals surface area (Å²) in [6, 6.07) is 44.3. The molecular formula is C43H30N4. The fraction of sp³-hybridized carbons (Fsp3) is 0.0698. The minimum Gasteiger partial charge on any atom is -0.246 e. The van der Waals surface area contributed by atoms with Gasteiger partial charge in [0.15, 0.2) is 0 Å². The van der Waals surface area contributed by atoms with E-state index in [9.17, 15) is 0 Å². The second-order valence-corrected chi connectivity index (χ2v) is 12.4. The Balaban J connectivity index is 1.14. The van der Waals surface area contributed by atoms with Gasteiger partial charge in [0.1, 0.15) is 0 Å². The second-order valence-electron chi connectivity index (χ2n) is 12.4. The van der Waals surface area contributed by atoms with Crippen molar-refractivity contribution in [3.63, 3.8) is 0 Å². The van der Waals surface area contributed by atoms with Crippen molar-refractivity contribution in [3.05, 3.63) is 151 Å². The van der Waals surface area contributed by atoms with Crippen LogP contribution in [0.5, 0.6) is 0 Å². The van der Waals surface area contributed by atoms with E-state index in [4.69, 9.17) is 19.9 Å². The van der Waals surface area contributed by atoms with Crippen molar-refractivity contribution >= 4 is 49.2 Å². The maximum absolute atomic E-state index is 5.21. The van der Waals surface area contributed by atoms with Crippen LogP contribution in [0.2, 0.25) is 0 Å². The van der Waals surface area contributed by atoms with E-state index in [1.54, 1.807) is 0 Å². The molecule has 0 amide bonds. The molecule has 47 heavy (non-hydrogen) atoms. The Morgan fingerprint density at radius 2 is 0.872 bits per heavy atom. The Morgan fingerprint density at radius 3 is 1.38 bits per heavy atom. The highest BCUT2D eigenvalue weighted by molar-refractivity contribution is 6.05. The second kappa shape index (κ2) is 11.1. The number of hydrogen-bond acceptors (Lipinski definition) is 4. The lowest BCUT2D eigenvalue weighted by Crippen LogP contribution is -1.97.